The van der Waals surface area contributed by atoms with E-state index in [9.17, 15) is 9.59 Å². The molecule has 0 radical (unpaired) electrons. The van der Waals surface area contributed by atoms with Gasteiger partial charge in [-0.3, -0.25) is 9.59 Å². The van der Waals surface area contributed by atoms with E-state index in [-0.39, 0.29) is 23.9 Å². The molecule has 1 aromatic heterocycles. The van der Waals surface area contributed by atoms with Gasteiger partial charge in [0.05, 0.1) is 6.26 Å². The molecule has 2 aromatic carbocycles. The minimum Gasteiger partial charge on any atom is -0.463 e. The van der Waals surface area contributed by atoms with Gasteiger partial charge in [-0.05, 0) is 43.3 Å². The molecule has 0 aliphatic heterocycles. The number of nitrogens with one attached hydrogen (secondary N) is 2. The molecule has 0 saturated carbocycles. The maximum atomic E-state index is 12.7. The van der Waals surface area contributed by atoms with Crippen LogP contribution in [0.15, 0.2) is 77.4 Å². The molecule has 2 amide bonds. The van der Waals surface area contributed by atoms with Gasteiger partial charge in [0.1, 0.15) is 0 Å². The summed E-state index contributed by atoms with van der Waals surface area (Å²) >= 11 is 0. The Balaban J connectivity index is 1.67. The lowest BCUT2D eigenvalue weighted by Crippen LogP contribution is -2.92. The number of rotatable bonds is 7. The molecule has 0 spiro atoms. The van der Waals surface area contributed by atoms with Crippen molar-refractivity contribution >= 4 is 23.2 Å². The molecule has 0 fully saturated rings. The lowest BCUT2D eigenvalue weighted by atomic mass is 10.0. The highest BCUT2D eigenvalue weighted by Crippen LogP contribution is 2.19. The van der Waals surface area contributed by atoms with Gasteiger partial charge in [-0.25, -0.2) is 0 Å². The fraction of sp³-hybridized carbons (Fsp3) is 0.182. The number of furan rings is 1. The van der Waals surface area contributed by atoms with Crippen molar-refractivity contribution in [2.45, 2.75) is 25.9 Å². The highest BCUT2D eigenvalue weighted by Gasteiger charge is 2.26. The Kier molecular flexibility index (Phi) is 6.24. The van der Waals surface area contributed by atoms with Gasteiger partial charge >= 0.3 is 0 Å². The summed E-state index contributed by atoms with van der Waals surface area (Å²) in [7, 11) is 0. The molecule has 144 valence electrons. The first-order chi connectivity index (χ1) is 13.5. The number of nitrogens with two attached hydrogens (primary N) is 1. The van der Waals surface area contributed by atoms with Crippen molar-refractivity contribution in [3.8, 4) is 0 Å². The molecular weight excluding hydrogens is 354 g/mol. The number of anilines is 2. The molecule has 1 heterocycles. The summed E-state index contributed by atoms with van der Waals surface area (Å²) in [6, 6.07) is 20.3. The first-order valence-electron chi connectivity index (χ1n) is 9.15. The van der Waals surface area contributed by atoms with E-state index in [1.165, 1.54) is 6.92 Å². The number of hydrogen-bond acceptors (Lipinski definition) is 3. The third-order valence-electron chi connectivity index (χ3n) is 4.38. The predicted molar refractivity (Wildman–Crippen MR) is 108 cm³/mol. The van der Waals surface area contributed by atoms with Gasteiger partial charge in [0.25, 0.3) is 5.91 Å². The monoisotopic (exact) mass is 378 g/mol. The zero-order valence-corrected chi connectivity index (χ0v) is 15.9. The Hall–Kier alpha value is -3.38. The molecule has 3 rings (SSSR count). The Morgan fingerprint density at radius 2 is 1.54 bits per heavy atom. The number of amides is 2. The number of quaternary nitrogens is 1. The van der Waals surface area contributed by atoms with Crippen LogP contribution in [-0.4, -0.2) is 17.9 Å². The third-order valence-corrected chi connectivity index (χ3v) is 4.38. The molecule has 6 nitrogen and oxygen atoms in total. The average molecular weight is 378 g/mol. The summed E-state index contributed by atoms with van der Waals surface area (Å²) < 4.78 is 5.60. The average Bonchev–Trinajstić information content (AvgIpc) is 3.22. The minimum atomic E-state index is -0.342. The van der Waals surface area contributed by atoms with Crippen molar-refractivity contribution in [1.82, 2.24) is 0 Å². The molecule has 4 N–H and O–H groups in total. The molecule has 0 saturated heterocycles. The van der Waals surface area contributed by atoms with E-state index in [1.54, 1.807) is 30.5 Å². The van der Waals surface area contributed by atoms with E-state index in [4.69, 9.17) is 4.42 Å². The van der Waals surface area contributed by atoms with Crippen LogP contribution >= 0.6 is 0 Å². The Labute approximate surface area is 164 Å². The van der Waals surface area contributed by atoms with Gasteiger partial charge in [-0.15, -0.1) is 0 Å². The van der Waals surface area contributed by atoms with Gasteiger partial charge in [0.15, 0.2) is 17.8 Å². The number of carbonyl (C=O) groups excluding carboxylic acids is 2. The van der Waals surface area contributed by atoms with Crippen molar-refractivity contribution < 1.29 is 19.3 Å². The first-order valence-corrected chi connectivity index (χ1v) is 9.15. The smallest absolute Gasteiger partial charge is 0.282 e. The molecule has 28 heavy (non-hydrogen) atoms. The summed E-state index contributed by atoms with van der Waals surface area (Å²) in [6.07, 6.45) is 1.64. The highest BCUT2D eigenvalue weighted by molar-refractivity contribution is 5.94. The van der Waals surface area contributed by atoms with E-state index in [0.717, 1.165) is 11.3 Å². The Morgan fingerprint density at radius 3 is 2.11 bits per heavy atom. The van der Waals surface area contributed by atoms with E-state index >= 15 is 0 Å². The van der Waals surface area contributed by atoms with Crippen molar-refractivity contribution in [3.63, 3.8) is 0 Å². The molecule has 6 heteroatoms. The van der Waals surface area contributed by atoms with Crippen LogP contribution in [0.2, 0.25) is 0 Å². The van der Waals surface area contributed by atoms with Gasteiger partial charge in [0, 0.05) is 23.9 Å². The Bertz CT molecular complexity index is 906. The maximum absolute atomic E-state index is 12.7. The second-order valence-electron chi connectivity index (χ2n) is 6.63. The molecule has 0 unspecified atom stereocenters. The van der Waals surface area contributed by atoms with Crippen LogP contribution in [0, 0.1) is 0 Å². The number of carbonyl (C=O) groups is 2. The standard InChI is InChI=1S/C22H23N3O3/c1-15(22(27)25-19-12-10-18(11-13-19)24-16(2)26)23-21(20-9-6-14-28-20)17-7-4-3-5-8-17/h3-15,21,23H,1-2H3,(H,24,26)(H,25,27)/p+1/t15-,21-/m1/s1. The largest absolute Gasteiger partial charge is 0.463 e. The second kappa shape index (κ2) is 9.01. The zero-order valence-electron chi connectivity index (χ0n) is 15.9. The van der Waals surface area contributed by atoms with Crippen molar-refractivity contribution in [2.75, 3.05) is 10.6 Å². The van der Waals surface area contributed by atoms with Gasteiger partial charge in [-0.1, -0.05) is 30.3 Å². The zero-order chi connectivity index (χ0) is 19.9. The van der Waals surface area contributed by atoms with Crippen molar-refractivity contribution in [1.29, 1.82) is 0 Å². The van der Waals surface area contributed by atoms with E-state index in [0.29, 0.717) is 11.4 Å². The van der Waals surface area contributed by atoms with Crippen LogP contribution in [0.4, 0.5) is 11.4 Å². The molecule has 0 aliphatic rings. The van der Waals surface area contributed by atoms with Crippen molar-refractivity contribution in [3.05, 3.63) is 84.3 Å². The van der Waals surface area contributed by atoms with E-state index in [2.05, 4.69) is 10.6 Å². The van der Waals surface area contributed by atoms with Crippen molar-refractivity contribution in [2.24, 2.45) is 0 Å². The molecular formula is C22H24N3O3+. The van der Waals surface area contributed by atoms with Crippen LogP contribution in [0.25, 0.3) is 0 Å². The maximum Gasteiger partial charge on any atom is 0.282 e. The quantitative estimate of drug-likeness (QED) is 0.591. The summed E-state index contributed by atoms with van der Waals surface area (Å²) in [5.74, 6) is 0.551. The molecule has 0 bridgehead atoms. The molecule has 2 atom stereocenters. The van der Waals surface area contributed by atoms with Gasteiger partial charge in [-0.2, -0.15) is 0 Å². The number of benzene rings is 2. The van der Waals surface area contributed by atoms with E-state index < -0.39 is 0 Å². The normalized spacial score (nSPS) is 12.8. The number of hydrogen-bond donors (Lipinski definition) is 3. The van der Waals surface area contributed by atoms with Crippen LogP contribution in [0.3, 0.4) is 0 Å². The lowest BCUT2D eigenvalue weighted by Gasteiger charge is -2.19. The summed E-state index contributed by atoms with van der Waals surface area (Å²) in [5, 5.41) is 7.59. The summed E-state index contributed by atoms with van der Waals surface area (Å²) in [4.78, 5) is 23.8. The van der Waals surface area contributed by atoms with Crippen LogP contribution < -0.4 is 16.0 Å². The first kappa shape index (κ1) is 19.4. The third kappa shape index (κ3) is 5.08. The fourth-order valence-electron chi connectivity index (χ4n) is 2.97. The summed E-state index contributed by atoms with van der Waals surface area (Å²) in [5.41, 5.74) is 2.43. The second-order valence-corrected chi connectivity index (χ2v) is 6.63. The summed E-state index contributed by atoms with van der Waals surface area (Å²) in [6.45, 7) is 3.31. The predicted octanol–water partition coefficient (Wildman–Crippen LogP) is 2.92. The SMILES string of the molecule is CC(=O)Nc1ccc(NC(=O)[C@@H](C)[NH2+][C@H](c2ccccc2)c2ccco2)cc1. The van der Waals surface area contributed by atoms with E-state index in [1.807, 2.05) is 54.7 Å². The van der Waals surface area contributed by atoms with Crippen LogP contribution in [-0.2, 0) is 9.59 Å². The van der Waals surface area contributed by atoms with Crippen LogP contribution in [0.5, 0.6) is 0 Å². The minimum absolute atomic E-state index is 0.111. The lowest BCUT2D eigenvalue weighted by molar-refractivity contribution is -0.706. The van der Waals surface area contributed by atoms with Gasteiger partial charge < -0.3 is 20.4 Å². The Morgan fingerprint density at radius 1 is 0.893 bits per heavy atom. The fourth-order valence-corrected chi connectivity index (χ4v) is 2.97. The van der Waals surface area contributed by atoms with Crippen LogP contribution in [0.1, 0.15) is 31.2 Å². The highest BCUT2D eigenvalue weighted by atomic mass is 16.3. The molecule has 0 aliphatic carbocycles. The molecule has 3 aromatic rings. The van der Waals surface area contributed by atoms with Gasteiger partial charge in [0.2, 0.25) is 5.91 Å². The topological polar surface area (TPSA) is 88.0 Å².